The summed E-state index contributed by atoms with van der Waals surface area (Å²) < 4.78 is 39.0. The summed E-state index contributed by atoms with van der Waals surface area (Å²) in [6.07, 6.45) is 10.4. The standard InChI is InChI=1S/C55H56N3O6/c1-3-59-37-39-61-35-33-56-49-29-25-41-15-11-13-21-47(41)54(49)63-51(56)31-27-43-23-24-44(53(43)58(45-17-7-5-8-18-45)46-19-9-6-10-20-46)28-32-52-57(34-36-62-40-38-60-4-2)50-30-26-42-16-12-14-22-48(42)55(50)64-52/h5-22,25-32H,3-4,23-24,33-40H2,1-2H3/q+1. The van der Waals surface area contributed by atoms with Crippen LogP contribution < -0.4 is 19.1 Å². The van der Waals surface area contributed by atoms with Gasteiger partial charge < -0.3 is 37.9 Å². The smallest absolute Gasteiger partial charge is 0.374 e. The first-order valence-corrected chi connectivity index (χ1v) is 22.6. The van der Waals surface area contributed by atoms with Crippen molar-refractivity contribution < 1.29 is 32.7 Å². The highest BCUT2D eigenvalue weighted by Gasteiger charge is 2.30. The summed E-state index contributed by atoms with van der Waals surface area (Å²) in [7, 11) is 0. The Bertz CT molecular complexity index is 2770. The molecule has 9 rings (SSSR count). The number of aromatic nitrogens is 1. The fourth-order valence-electron chi connectivity index (χ4n) is 8.64. The van der Waals surface area contributed by atoms with Crippen molar-refractivity contribution in [2.75, 3.05) is 69.2 Å². The molecule has 7 aromatic rings. The molecule has 6 aromatic carbocycles. The number of hydrogen-bond donors (Lipinski definition) is 0. The van der Waals surface area contributed by atoms with E-state index in [9.17, 15) is 0 Å². The average molecular weight is 855 g/mol. The van der Waals surface area contributed by atoms with E-state index < -0.39 is 0 Å². The van der Waals surface area contributed by atoms with E-state index in [2.05, 4.69) is 172 Å². The number of anilines is 3. The van der Waals surface area contributed by atoms with E-state index >= 15 is 0 Å². The van der Waals surface area contributed by atoms with Gasteiger partial charge in [0.15, 0.2) is 12.3 Å². The van der Waals surface area contributed by atoms with Crippen LogP contribution in [0.25, 0.3) is 38.7 Å². The molecule has 0 spiro atoms. The van der Waals surface area contributed by atoms with Crippen molar-refractivity contribution in [1.29, 1.82) is 0 Å². The molecule has 0 atom stereocenters. The molecule has 1 aliphatic carbocycles. The lowest BCUT2D eigenvalue weighted by Gasteiger charge is -2.28. The number of oxazole rings is 1. The number of rotatable bonds is 20. The van der Waals surface area contributed by atoms with Crippen LogP contribution in [0.15, 0.2) is 179 Å². The van der Waals surface area contributed by atoms with Gasteiger partial charge in [0.2, 0.25) is 11.5 Å². The molecule has 9 nitrogen and oxygen atoms in total. The minimum Gasteiger partial charge on any atom is -0.438 e. The second-order valence-corrected chi connectivity index (χ2v) is 15.6. The Hall–Kier alpha value is -6.49. The quantitative estimate of drug-likeness (QED) is 0.0555. The molecule has 2 heterocycles. The third-order valence-corrected chi connectivity index (χ3v) is 11.7. The number of allylic oxidation sites excluding steroid dienone is 5. The summed E-state index contributed by atoms with van der Waals surface area (Å²) in [5.74, 6) is 2.39. The third-order valence-electron chi connectivity index (χ3n) is 11.7. The topological polar surface area (TPSA) is 69.7 Å². The summed E-state index contributed by atoms with van der Waals surface area (Å²) in [5.41, 5.74) is 8.60. The Morgan fingerprint density at radius 1 is 0.609 bits per heavy atom. The maximum atomic E-state index is 6.80. The molecule has 1 aromatic heterocycles. The third kappa shape index (κ3) is 9.39. The van der Waals surface area contributed by atoms with Crippen LogP contribution in [0.3, 0.4) is 0 Å². The molecule has 9 heteroatoms. The van der Waals surface area contributed by atoms with Crippen molar-refractivity contribution >= 4 is 55.8 Å². The van der Waals surface area contributed by atoms with Crippen molar-refractivity contribution in [2.45, 2.75) is 33.2 Å². The van der Waals surface area contributed by atoms with E-state index in [4.69, 9.17) is 28.1 Å². The molecule has 0 radical (unpaired) electrons. The van der Waals surface area contributed by atoms with Crippen LogP contribution in [0.4, 0.5) is 17.1 Å². The first kappa shape index (κ1) is 42.8. The van der Waals surface area contributed by atoms with Crippen LogP contribution in [-0.4, -0.2) is 59.4 Å². The van der Waals surface area contributed by atoms with Gasteiger partial charge in [0.05, 0.1) is 50.5 Å². The number of para-hydroxylation sites is 2. The Kier molecular flexibility index (Phi) is 13.9. The molecule has 0 saturated carbocycles. The highest BCUT2D eigenvalue weighted by atomic mass is 16.5. The van der Waals surface area contributed by atoms with Crippen molar-refractivity contribution in [3.8, 4) is 5.75 Å². The first-order chi connectivity index (χ1) is 31.7. The molecule has 326 valence electrons. The van der Waals surface area contributed by atoms with E-state index in [1.54, 1.807) is 0 Å². The molecule has 0 bridgehead atoms. The summed E-state index contributed by atoms with van der Waals surface area (Å²) in [6.45, 7) is 9.91. The molecule has 0 amide bonds. The van der Waals surface area contributed by atoms with Crippen LogP contribution in [0.1, 0.15) is 32.6 Å². The normalized spacial score (nSPS) is 15.2. The number of fused-ring (bicyclic) bond motifs is 6. The number of ether oxygens (including phenoxy) is 5. The summed E-state index contributed by atoms with van der Waals surface area (Å²) in [5, 5.41) is 4.44. The van der Waals surface area contributed by atoms with Crippen LogP contribution >= 0.6 is 0 Å². The maximum absolute atomic E-state index is 6.80. The van der Waals surface area contributed by atoms with Crippen LogP contribution in [0, 0.1) is 0 Å². The molecule has 2 aliphatic rings. The minimum atomic E-state index is 0.531. The van der Waals surface area contributed by atoms with Gasteiger partial charge in [0, 0.05) is 48.0 Å². The Morgan fingerprint density at radius 3 is 1.95 bits per heavy atom. The molecule has 64 heavy (non-hydrogen) atoms. The average Bonchev–Trinajstić information content (AvgIpc) is 4.03. The second-order valence-electron chi connectivity index (χ2n) is 15.6. The predicted octanol–water partition coefficient (Wildman–Crippen LogP) is 11.7. The SMILES string of the molecule is CCOCCOCCN1C(=CC=C2CCC(C=Cc3oc4c5ccccc5ccc4[n+]3CCOCCOCC)=C2N(c2ccccc2)c2ccccc2)Oc2c1ccc1ccccc21. The van der Waals surface area contributed by atoms with Gasteiger partial charge in [0.25, 0.3) is 5.52 Å². The van der Waals surface area contributed by atoms with Crippen LogP contribution in [-0.2, 0) is 25.5 Å². The van der Waals surface area contributed by atoms with E-state index in [0.717, 1.165) is 85.8 Å². The predicted molar refractivity (Wildman–Crippen MR) is 257 cm³/mol. The molecule has 0 saturated heterocycles. The molecule has 1 aliphatic heterocycles. The summed E-state index contributed by atoms with van der Waals surface area (Å²) in [6, 6.07) is 46.6. The zero-order chi connectivity index (χ0) is 43.5. The van der Waals surface area contributed by atoms with Crippen LogP contribution in [0.2, 0.25) is 0 Å². The second kappa shape index (κ2) is 20.8. The van der Waals surface area contributed by atoms with Gasteiger partial charge >= 0.3 is 5.89 Å². The van der Waals surface area contributed by atoms with Crippen molar-refractivity contribution in [1.82, 2.24) is 0 Å². The van der Waals surface area contributed by atoms with Gasteiger partial charge in [-0.3, -0.25) is 0 Å². The van der Waals surface area contributed by atoms with E-state index in [1.807, 2.05) is 13.8 Å². The van der Waals surface area contributed by atoms with Crippen molar-refractivity contribution in [2.24, 2.45) is 0 Å². The highest BCUT2D eigenvalue weighted by Crippen LogP contribution is 2.45. The van der Waals surface area contributed by atoms with Gasteiger partial charge in [-0.1, -0.05) is 97.1 Å². The lowest BCUT2D eigenvalue weighted by Crippen LogP contribution is -2.37. The van der Waals surface area contributed by atoms with Gasteiger partial charge in [-0.2, -0.15) is 4.57 Å². The fourth-order valence-corrected chi connectivity index (χ4v) is 8.64. The number of hydrogen-bond acceptors (Lipinski definition) is 8. The fraction of sp³-hybridized carbons (Fsp3) is 0.255. The Labute approximate surface area is 375 Å². The Balaban J connectivity index is 1.13. The van der Waals surface area contributed by atoms with Gasteiger partial charge in [-0.15, -0.1) is 0 Å². The number of nitrogens with zero attached hydrogens (tertiary/aromatic N) is 3. The van der Waals surface area contributed by atoms with E-state index in [-0.39, 0.29) is 0 Å². The molecular weight excluding hydrogens is 799 g/mol. The highest BCUT2D eigenvalue weighted by molar-refractivity contribution is 6.02. The van der Waals surface area contributed by atoms with Gasteiger partial charge in [0.1, 0.15) is 6.61 Å². The first-order valence-electron chi connectivity index (χ1n) is 22.6. The van der Waals surface area contributed by atoms with Gasteiger partial charge in [-0.05, 0) is 97.2 Å². The van der Waals surface area contributed by atoms with E-state index in [1.165, 1.54) is 11.1 Å². The van der Waals surface area contributed by atoms with Crippen molar-refractivity contribution in [3.63, 3.8) is 0 Å². The Morgan fingerprint density at radius 2 is 1.23 bits per heavy atom. The van der Waals surface area contributed by atoms with Gasteiger partial charge in [-0.25, -0.2) is 0 Å². The minimum absolute atomic E-state index is 0.531. The maximum Gasteiger partial charge on any atom is 0.374 e. The molecule has 0 N–H and O–H groups in total. The summed E-state index contributed by atoms with van der Waals surface area (Å²) in [4.78, 5) is 4.61. The van der Waals surface area contributed by atoms with E-state index in [0.29, 0.717) is 65.9 Å². The molecule has 0 fully saturated rings. The lowest BCUT2D eigenvalue weighted by atomic mass is 10.1. The largest absolute Gasteiger partial charge is 0.438 e. The monoisotopic (exact) mass is 854 g/mol. The number of benzene rings is 6. The zero-order valence-corrected chi connectivity index (χ0v) is 36.8. The van der Waals surface area contributed by atoms with Crippen molar-refractivity contribution in [3.05, 3.63) is 180 Å². The molecular formula is C55H56N3O6+. The summed E-state index contributed by atoms with van der Waals surface area (Å²) >= 11 is 0. The lowest BCUT2D eigenvalue weighted by molar-refractivity contribution is -0.679. The zero-order valence-electron chi connectivity index (χ0n) is 36.8. The molecule has 0 unspecified atom stereocenters. The van der Waals surface area contributed by atoms with Crippen LogP contribution in [0.5, 0.6) is 5.75 Å².